The summed E-state index contributed by atoms with van der Waals surface area (Å²) in [6, 6.07) is 0. The van der Waals surface area contributed by atoms with Gasteiger partial charge >= 0.3 is 0 Å². The molecular formula is C10H20N4. The molecule has 1 atom stereocenters. The van der Waals surface area contributed by atoms with E-state index in [0.29, 0.717) is 0 Å². The van der Waals surface area contributed by atoms with Crippen LogP contribution >= 0.6 is 0 Å². The quantitative estimate of drug-likeness (QED) is 0.705. The van der Waals surface area contributed by atoms with Crippen LogP contribution in [-0.2, 0) is 0 Å². The number of nitrogens with zero attached hydrogens (tertiary/aromatic N) is 3. The van der Waals surface area contributed by atoms with Crippen molar-refractivity contribution in [3.05, 3.63) is 0 Å². The zero-order valence-corrected chi connectivity index (χ0v) is 9.16. The summed E-state index contributed by atoms with van der Waals surface area (Å²) in [6.07, 6.45) is 3.16. The fraction of sp³-hybridized carbons (Fsp3) is 0.900. The van der Waals surface area contributed by atoms with Crippen LogP contribution in [0.2, 0.25) is 0 Å². The third kappa shape index (κ3) is 1.53. The molecule has 80 valence electrons. The zero-order chi connectivity index (χ0) is 10.0. The first-order valence-corrected chi connectivity index (χ1v) is 5.50. The lowest BCUT2D eigenvalue weighted by atomic mass is 10.1. The Morgan fingerprint density at radius 1 is 1.50 bits per heavy atom. The molecule has 0 spiro atoms. The van der Waals surface area contributed by atoms with Crippen LogP contribution in [0, 0.1) is 0 Å². The monoisotopic (exact) mass is 196 g/mol. The average Bonchev–Trinajstić information content (AvgIpc) is 2.88. The van der Waals surface area contributed by atoms with Crippen molar-refractivity contribution in [2.75, 3.05) is 32.8 Å². The van der Waals surface area contributed by atoms with Crippen LogP contribution in [-0.4, -0.2) is 54.6 Å². The Kier molecular flexibility index (Phi) is 2.74. The van der Waals surface area contributed by atoms with Crippen molar-refractivity contribution < 1.29 is 0 Å². The van der Waals surface area contributed by atoms with Crippen LogP contribution < -0.4 is 5.32 Å². The Hall–Kier alpha value is -0.610. The summed E-state index contributed by atoms with van der Waals surface area (Å²) >= 11 is 0. The van der Waals surface area contributed by atoms with Gasteiger partial charge in [-0.3, -0.25) is 9.89 Å². The molecule has 0 radical (unpaired) electrons. The molecule has 0 aromatic heterocycles. The molecule has 1 N–H and O–H groups in total. The average molecular weight is 196 g/mol. The first kappa shape index (κ1) is 9.93. The molecule has 0 amide bonds. The van der Waals surface area contributed by atoms with E-state index in [-0.39, 0.29) is 5.66 Å². The van der Waals surface area contributed by atoms with Gasteiger partial charge in [0.25, 0.3) is 0 Å². The van der Waals surface area contributed by atoms with Crippen molar-refractivity contribution in [1.29, 1.82) is 0 Å². The van der Waals surface area contributed by atoms with Crippen LogP contribution in [0.4, 0.5) is 0 Å². The maximum Gasteiger partial charge on any atom is 0.0921 e. The minimum absolute atomic E-state index is 0.156. The van der Waals surface area contributed by atoms with Gasteiger partial charge in [0.15, 0.2) is 0 Å². The Balaban J connectivity index is 2.10. The molecule has 2 aliphatic heterocycles. The second-order valence-electron chi connectivity index (χ2n) is 4.21. The largest absolute Gasteiger partial charge is 0.343 e. The van der Waals surface area contributed by atoms with Crippen molar-refractivity contribution in [2.45, 2.75) is 25.9 Å². The van der Waals surface area contributed by atoms with Gasteiger partial charge in [-0.1, -0.05) is 6.92 Å². The first-order chi connectivity index (χ1) is 6.77. The maximum atomic E-state index is 4.30. The topological polar surface area (TPSA) is 30.9 Å². The highest BCUT2D eigenvalue weighted by atomic mass is 15.5. The minimum Gasteiger partial charge on any atom is -0.343 e. The third-order valence-corrected chi connectivity index (χ3v) is 3.52. The molecule has 0 aromatic rings. The number of rotatable bonds is 3. The molecule has 1 fully saturated rings. The Morgan fingerprint density at radius 3 is 2.86 bits per heavy atom. The van der Waals surface area contributed by atoms with E-state index in [1.54, 1.807) is 0 Å². The predicted molar refractivity (Wildman–Crippen MR) is 58.3 cm³/mol. The highest BCUT2D eigenvalue weighted by molar-refractivity contribution is 5.58. The van der Waals surface area contributed by atoms with Crippen LogP contribution in [0.15, 0.2) is 4.99 Å². The number of hydrogen-bond donors (Lipinski definition) is 1. The van der Waals surface area contributed by atoms with Crippen molar-refractivity contribution in [1.82, 2.24) is 15.1 Å². The molecule has 4 heteroatoms. The van der Waals surface area contributed by atoms with E-state index < -0.39 is 0 Å². The van der Waals surface area contributed by atoms with Crippen LogP contribution in [0.3, 0.4) is 0 Å². The molecular weight excluding hydrogens is 176 g/mol. The molecule has 2 heterocycles. The van der Waals surface area contributed by atoms with Crippen molar-refractivity contribution in [3.63, 3.8) is 0 Å². The van der Waals surface area contributed by atoms with Crippen molar-refractivity contribution in [3.8, 4) is 0 Å². The molecule has 4 nitrogen and oxygen atoms in total. The van der Waals surface area contributed by atoms with E-state index in [9.17, 15) is 0 Å². The molecule has 0 saturated carbocycles. The van der Waals surface area contributed by atoms with Gasteiger partial charge in [0.05, 0.1) is 25.2 Å². The van der Waals surface area contributed by atoms with E-state index >= 15 is 0 Å². The van der Waals surface area contributed by atoms with E-state index in [2.05, 4.69) is 34.0 Å². The van der Waals surface area contributed by atoms with Gasteiger partial charge in [0.2, 0.25) is 0 Å². The van der Waals surface area contributed by atoms with E-state index in [0.717, 1.165) is 39.3 Å². The smallest absolute Gasteiger partial charge is 0.0921 e. The number of nitrogens with one attached hydrogen (secondary N) is 1. The van der Waals surface area contributed by atoms with Gasteiger partial charge in [0.1, 0.15) is 0 Å². The highest BCUT2D eigenvalue weighted by Gasteiger charge is 2.37. The van der Waals surface area contributed by atoms with Gasteiger partial charge in [0, 0.05) is 19.6 Å². The van der Waals surface area contributed by atoms with Crippen LogP contribution in [0.25, 0.3) is 0 Å². The molecule has 1 saturated heterocycles. The molecule has 1 unspecified atom stereocenters. The van der Waals surface area contributed by atoms with Crippen molar-refractivity contribution in [2.24, 2.45) is 4.99 Å². The highest BCUT2D eigenvalue weighted by Crippen LogP contribution is 2.25. The van der Waals surface area contributed by atoms with Gasteiger partial charge in [-0.05, 0) is 13.3 Å². The minimum atomic E-state index is 0.156. The van der Waals surface area contributed by atoms with Gasteiger partial charge in [-0.2, -0.15) is 0 Å². The van der Waals surface area contributed by atoms with Crippen molar-refractivity contribution >= 4 is 6.34 Å². The van der Waals surface area contributed by atoms with Gasteiger partial charge in [-0.25, -0.2) is 0 Å². The molecule has 2 rings (SSSR count). The first-order valence-electron chi connectivity index (χ1n) is 5.50. The number of hydrogen-bond acceptors (Lipinski definition) is 4. The summed E-state index contributed by atoms with van der Waals surface area (Å²) in [5.41, 5.74) is 0.156. The second kappa shape index (κ2) is 3.87. The molecule has 0 bridgehead atoms. The SMILES string of the molecule is CCC(C)(N1C=NCC1)N1CCNC1. The van der Waals surface area contributed by atoms with E-state index in [1.807, 2.05) is 6.34 Å². The lowest BCUT2D eigenvalue weighted by molar-refractivity contribution is 0.0185. The summed E-state index contributed by atoms with van der Waals surface area (Å²) in [4.78, 5) is 9.18. The molecule has 0 aliphatic carbocycles. The van der Waals surface area contributed by atoms with Crippen LogP contribution in [0.5, 0.6) is 0 Å². The standard InChI is InChI=1S/C10H20N4/c1-3-10(2,13-6-4-11-8-13)14-7-5-12-9-14/h8,12H,3-7,9H2,1-2H3. The molecule has 2 aliphatic rings. The summed E-state index contributed by atoms with van der Waals surface area (Å²) in [5, 5.41) is 3.39. The van der Waals surface area contributed by atoms with Gasteiger partial charge in [-0.15, -0.1) is 0 Å². The van der Waals surface area contributed by atoms with E-state index in [1.165, 1.54) is 0 Å². The van der Waals surface area contributed by atoms with Gasteiger partial charge < -0.3 is 10.2 Å². The Labute approximate surface area is 86.0 Å². The second-order valence-corrected chi connectivity index (χ2v) is 4.21. The maximum absolute atomic E-state index is 4.30. The Morgan fingerprint density at radius 2 is 2.36 bits per heavy atom. The summed E-state index contributed by atoms with van der Waals surface area (Å²) in [6.45, 7) is 9.86. The predicted octanol–water partition coefficient (Wildman–Crippen LogP) is 0.319. The van der Waals surface area contributed by atoms with E-state index in [4.69, 9.17) is 0 Å². The fourth-order valence-electron chi connectivity index (χ4n) is 2.27. The lowest BCUT2D eigenvalue weighted by Gasteiger charge is -2.44. The summed E-state index contributed by atoms with van der Waals surface area (Å²) in [5.74, 6) is 0. The molecule has 0 aromatic carbocycles. The normalized spacial score (nSPS) is 27.1. The number of aliphatic imine (C=N–C) groups is 1. The lowest BCUT2D eigenvalue weighted by Crippen LogP contribution is -2.57. The molecule has 14 heavy (non-hydrogen) atoms. The Bertz CT molecular complexity index is 222. The van der Waals surface area contributed by atoms with Crippen LogP contribution in [0.1, 0.15) is 20.3 Å². The third-order valence-electron chi connectivity index (χ3n) is 3.52. The zero-order valence-electron chi connectivity index (χ0n) is 9.16. The summed E-state index contributed by atoms with van der Waals surface area (Å²) in [7, 11) is 0. The summed E-state index contributed by atoms with van der Waals surface area (Å²) < 4.78 is 0. The fourth-order valence-corrected chi connectivity index (χ4v) is 2.27.